The van der Waals surface area contributed by atoms with Crippen molar-refractivity contribution in [3.8, 4) is 11.1 Å². The zero-order chi connectivity index (χ0) is 21.2. The third-order valence-electron chi connectivity index (χ3n) is 5.54. The van der Waals surface area contributed by atoms with Crippen LogP contribution in [0.5, 0.6) is 0 Å². The minimum absolute atomic E-state index is 0.704. The highest BCUT2D eigenvalue weighted by atomic mass is 15.3. The minimum Gasteiger partial charge on any atom is -0.338 e. The van der Waals surface area contributed by atoms with Crippen LogP contribution >= 0.6 is 0 Å². The number of nitrogens with one attached hydrogen (secondary N) is 1. The number of fused-ring (bicyclic) bond motifs is 1. The van der Waals surface area contributed by atoms with Crippen LogP contribution in [0.15, 0.2) is 55.2 Å². The maximum Gasteiger partial charge on any atom is 0.225 e. The summed E-state index contributed by atoms with van der Waals surface area (Å²) in [4.78, 5) is 27.0. The number of aryl methyl sites for hydroxylation is 1. The van der Waals surface area contributed by atoms with Gasteiger partial charge in [0.2, 0.25) is 5.95 Å². The van der Waals surface area contributed by atoms with Crippen LogP contribution < -0.4 is 10.2 Å². The van der Waals surface area contributed by atoms with Crippen molar-refractivity contribution in [1.29, 1.82) is 0 Å². The maximum absolute atomic E-state index is 4.61. The van der Waals surface area contributed by atoms with Crippen molar-refractivity contribution in [2.75, 3.05) is 43.4 Å². The van der Waals surface area contributed by atoms with Crippen LogP contribution in [-0.2, 0) is 0 Å². The Morgan fingerprint density at radius 2 is 1.61 bits per heavy atom. The van der Waals surface area contributed by atoms with E-state index in [1.807, 2.05) is 25.4 Å². The van der Waals surface area contributed by atoms with E-state index >= 15 is 0 Å². The Kier molecular flexibility index (Phi) is 5.13. The number of piperazine rings is 1. The molecule has 156 valence electrons. The smallest absolute Gasteiger partial charge is 0.225 e. The number of hydrogen-bond acceptors (Lipinski definition) is 8. The Hall–Kier alpha value is -3.65. The molecule has 1 aliphatic heterocycles. The van der Waals surface area contributed by atoms with Gasteiger partial charge in [-0.05, 0) is 31.7 Å². The average Bonchev–Trinajstić information content (AvgIpc) is 2.81. The Bertz CT molecular complexity index is 1180. The van der Waals surface area contributed by atoms with Crippen LogP contribution in [0.2, 0.25) is 0 Å². The van der Waals surface area contributed by atoms with E-state index in [4.69, 9.17) is 0 Å². The summed E-state index contributed by atoms with van der Waals surface area (Å²) in [6.45, 7) is 5.90. The molecule has 5 rings (SSSR count). The van der Waals surface area contributed by atoms with Crippen LogP contribution in [-0.4, -0.2) is 63.0 Å². The van der Waals surface area contributed by atoms with Crippen molar-refractivity contribution in [3.05, 3.63) is 60.9 Å². The fourth-order valence-electron chi connectivity index (χ4n) is 3.67. The topological polar surface area (TPSA) is 83.0 Å². The van der Waals surface area contributed by atoms with Crippen molar-refractivity contribution in [3.63, 3.8) is 0 Å². The number of pyridine rings is 1. The predicted octanol–water partition coefficient (Wildman–Crippen LogP) is 3.29. The highest BCUT2D eigenvalue weighted by Crippen LogP contribution is 2.28. The summed E-state index contributed by atoms with van der Waals surface area (Å²) >= 11 is 0. The molecule has 0 unspecified atom stereocenters. The molecule has 4 heterocycles. The van der Waals surface area contributed by atoms with E-state index in [9.17, 15) is 0 Å². The first-order valence-corrected chi connectivity index (χ1v) is 10.4. The first-order chi connectivity index (χ1) is 15.2. The Labute approximate surface area is 181 Å². The quantitative estimate of drug-likeness (QED) is 0.547. The van der Waals surface area contributed by atoms with E-state index in [1.165, 1.54) is 0 Å². The summed E-state index contributed by atoms with van der Waals surface area (Å²) in [5.74, 6) is 1.50. The second-order valence-electron chi connectivity index (χ2n) is 7.82. The number of hydrogen-bond donors (Lipinski definition) is 1. The first kappa shape index (κ1) is 19.3. The second-order valence-corrected chi connectivity index (χ2v) is 7.82. The molecule has 4 aromatic rings. The van der Waals surface area contributed by atoms with Gasteiger partial charge in [0.25, 0.3) is 0 Å². The maximum atomic E-state index is 4.61. The number of aromatic nitrogens is 5. The van der Waals surface area contributed by atoms with Gasteiger partial charge in [0.15, 0.2) is 0 Å². The molecular formula is C23H24N8. The van der Waals surface area contributed by atoms with Crippen LogP contribution in [0.3, 0.4) is 0 Å². The van der Waals surface area contributed by atoms with Crippen LogP contribution in [0.25, 0.3) is 22.0 Å². The Balaban J connectivity index is 1.39. The van der Waals surface area contributed by atoms with Crippen molar-refractivity contribution < 1.29 is 0 Å². The molecule has 0 aliphatic carbocycles. The summed E-state index contributed by atoms with van der Waals surface area (Å²) < 4.78 is 0. The zero-order valence-electron chi connectivity index (χ0n) is 17.7. The van der Waals surface area contributed by atoms with Gasteiger partial charge < -0.3 is 15.1 Å². The number of anilines is 3. The second kappa shape index (κ2) is 8.23. The van der Waals surface area contributed by atoms with Gasteiger partial charge in [-0.3, -0.25) is 9.97 Å². The van der Waals surface area contributed by atoms with Crippen molar-refractivity contribution in [2.45, 2.75) is 6.92 Å². The molecule has 8 nitrogen and oxygen atoms in total. The summed E-state index contributed by atoms with van der Waals surface area (Å²) in [5, 5.41) is 4.35. The molecule has 1 aromatic carbocycles. The van der Waals surface area contributed by atoms with Gasteiger partial charge in [0, 0.05) is 55.7 Å². The molecule has 0 amide bonds. The van der Waals surface area contributed by atoms with Crippen LogP contribution in [0, 0.1) is 6.92 Å². The van der Waals surface area contributed by atoms with Gasteiger partial charge in [-0.2, -0.15) is 0 Å². The van der Waals surface area contributed by atoms with E-state index < -0.39 is 0 Å². The summed E-state index contributed by atoms with van der Waals surface area (Å²) in [6.07, 6.45) is 9.06. The third-order valence-corrected chi connectivity index (χ3v) is 5.54. The SMILES string of the molecule is Cc1cnc(Nc2ccnc3cc(-c4cnc(N5CCN(C)CC5)nc4)ccc23)cn1. The molecule has 31 heavy (non-hydrogen) atoms. The molecule has 1 aliphatic rings. The monoisotopic (exact) mass is 412 g/mol. The normalized spacial score (nSPS) is 14.7. The molecule has 1 saturated heterocycles. The molecule has 0 bridgehead atoms. The van der Waals surface area contributed by atoms with Gasteiger partial charge >= 0.3 is 0 Å². The van der Waals surface area contributed by atoms with Gasteiger partial charge in [-0.25, -0.2) is 15.0 Å². The lowest BCUT2D eigenvalue weighted by molar-refractivity contribution is 0.311. The first-order valence-electron chi connectivity index (χ1n) is 10.4. The molecule has 1 fully saturated rings. The van der Waals surface area contributed by atoms with Crippen LogP contribution in [0.4, 0.5) is 17.5 Å². The minimum atomic E-state index is 0.704. The van der Waals surface area contributed by atoms with Crippen LogP contribution in [0.1, 0.15) is 5.69 Å². The highest BCUT2D eigenvalue weighted by molar-refractivity contribution is 5.94. The summed E-state index contributed by atoms with van der Waals surface area (Å²) in [7, 11) is 2.14. The number of rotatable bonds is 4. The van der Waals surface area contributed by atoms with Gasteiger partial charge in [-0.1, -0.05) is 12.1 Å². The Morgan fingerprint density at radius 3 is 2.35 bits per heavy atom. The van der Waals surface area contributed by atoms with E-state index in [1.54, 1.807) is 18.6 Å². The molecule has 3 aromatic heterocycles. The lowest BCUT2D eigenvalue weighted by atomic mass is 10.1. The molecule has 0 spiro atoms. The lowest BCUT2D eigenvalue weighted by Gasteiger charge is -2.32. The fraction of sp³-hybridized carbons (Fsp3) is 0.261. The van der Waals surface area contributed by atoms with E-state index in [-0.39, 0.29) is 0 Å². The predicted molar refractivity (Wildman–Crippen MR) is 123 cm³/mol. The number of likely N-dealkylation sites (N-methyl/N-ethyl adjacent to an activating group) is 1. The molecule has 8 heteroatoms. The molecule has 0 radical (unpaired) electrons. The van der Waals surface area contributed by atoms with E-state index in [0.29, 0.717) is 5.82 Å². The van der Waals surface area contributed by atoms with Gasteiger partial charge in [0.1, 0.15) is 5.82 Å². The van der Waals surface area contributed by atoms with E-state index in [0.717, 1.165) is 65.5 Å². The summed E-state index contributed by atoms with van der Waals surface area (Å²) in [6, 6.07) is 8.15. The third kappa shape index (κ3) is 4.15. The van der Waals surface area contributed by atoms with Gasteiger partial charge in [-0.15, -0.1) is 0 Å². The average molecular weight is 413 g/mol. The molecule has 0 saturated carbocycles. The number of benzene rings is 1. The molecule has 0 atom stereocenters. The van der Waals surface area contributed by atoms with Crippen molar-refractivity contribution in [1.82, 2.24) is 29.8 Å². The van der Waals surface area contributed by atoms with E-state index in [2.05, 4.69) is 65.3 Å². The zero-order valence-corrected chi connectivity index (χ0v) is 17.7. The summed E-state index contributed by atoms with van der Waals surface area (Å²) in [5.41, 5.74) is 4.74. The lowest BCUT2D eigenvalue weighted by Crippen LogP contribution is -2.45. The Morgan fingerprint density at radius 1 is 0.806 bits per heavy atom. The standard InChI is InChI=1S/C23H24N8/c1-16-12-26-22(15-25-16)29-20-5-6-24-21-11-17(3-4-19(20)21)18-13-27-23(28-14-18)31-9-7-30(2)8-10-31/h3-6,11-15H,7-10H2,1-2H3,(H,24,26,29). The van der Waals surface area contributed by atoms with Gasteiger partial charge in [0.05, 0.1) is 29.3 Å². The van der Waals surface area contributed by atoms with Crippen molar-refractivity contribution >= 4 is 28.4 Å². The number of nitrogens with zero attached hydrogens (tertiary/aromatic N) is 7. The molecular weight excluding hydrogens is 388 g/mol. The fourth-order valence-corrected chi connectivity index (χ4v) is 3.67. The largest absolute Gasteiger partial charge is 0.338 e. The van der Waals surface area contributed by atoms with Crippen molar-refractivity contribution in [2.24, 2.45) is 0 Å². The molecule has 1 N–H and O–H groups in total. The highest BCUT2D eigenvalue weighted by Gasteiger charge is 2.16.